The minimum absolute atomic E-state index is 0. The molecule has 0 heterocycles. The number of nitrogens with one attached hydrogen (secondary N) is 2. The van der Waals surface area contributed by atoms with Gasteiger partial charge in [0.1, 0.15) is 12.1 Å². The molecule has 1 aromatic rings. The monoisotopic (exact) mass is 446 g/mol. The van der Waals surface area contributed by atoms with Crippen LogP contribution in [0, 0.1) is 0 Å². The van der Waals surface area contributed by atoms with Gasteiger partial charge in [0, 0.05) is 6.42 Å². The molecule has 0 bridgehead atoms. The molecule has 0 saturated carbocycles. The predicted molar refractivity (Wildman–Crippen MR) is 114 cm³/mol. The summed E-state index contributed by atoms with van der Waals surface area (Å²) >= 11 is 1.51. The molecule has 11 heteroatoms. The number of amides is 3. The average Bonchev–Trinajstić information content (AvgIpc) is 2.65. The smallest absolute Gasteiger partial charge is 0.305 e. The van der Waals surface area contributed by atoms with E-state index < -0.39 is 48.2 Å². The molecule has 1 aromatic carbocycles. The summed E-state index contributed by atoms with van der Waals surface area (Å²) in [5.41, 5.74) is 11.9. The number of carboxylic acid groups (broad SMARTS) is 1. The summed E-state index contributed by atoms with van der Waals surface area (Å²) in [5, 5.41) is 13.8. The Labute approximate surface area is 179 Å². The van der Waals surface area contributed by atoms with Gasteiger partial charge in [-0.15, -0.1) is 12.4 Å². The largest absolute Gasteiger partial charge is 0.481 e. The van der Waals surface area contributed by atoms with Crippen LogP contribution in [0.15, 0.2) is 30.3 Å². The third-order valence-electron chi connectivity index (χ3n) is 3.92. The summed E-state index contributed by atoms with van der Waals surface area (Å²) < 4.78 is 0. The van der Waals surface area contributed by atoms with E-state index in [2.05, 4.69) is 10.6 Å². The molecule has 0 aromatic heterocycles. The molecule has 3 atom stereocenters. The van der Waals surface area contributed by atoms with Gasteiger partial charge in [0.05, 0.1) is 12.5 Å². The number of halogens is 1. The van der Waals surface area contributed by atoms with Gasteiger partial charge in [-0.1, -0.05) is 30.3 Å². The van der Waals surface area contributed by atoms with Crippen molar-refractivity contribution in [3.63, 3.8) is 0 Å². The second kappa shape index (κ2) is 13.8. The highest BCUT2D eigenvalue weighted by Crippen LogP contribution is 2.05. The first-order valence-electron chi connectivity index (χ1n) is 8.64. The van der Waals surface area contributed by atoms with Crippen LogP contribution < -0.4 is 22.1 Å². The average molecular weight is 447 g/mol. The number of benzene rings is 1. The zero-order chi connectivity index (χ0) is 21.1. The lowest BCUT2D eigenvalue weighted by molar-refractivity contribution is -0.141. The highest BCUT2D eigenvalue weighted by Gasteiger charge is 2.29. The maximum absolute atomic E-state index is 12.5. The van der Waals surface area contributed by atoms with Crippen LogP contribution in [0.4, 0.5) is 0 Å². The molecule has 0 spiro atoms. The van der Waals surface area contributed by atoms with Crippen molar-refractivity contribution in [1.29, 1.82) is 0 Å². The van der Waals surface area contributed by atoms with Crippen LogP contribution in [0.1, 0.15) is 18.4 Å². The van der Waals surface area contributed by atoms with Crippen molar-refractivity contribution in [3.05, 3.63) is 35.9 Å². The predicted octanol–water partition coefficient (Wildman–Crippen LogP) is -0.339. The number of primary amides is 1. The Bertz CT molecular complexity index is 692. The number of thioether (sulfide) groups is 1. The number of carbonyl (C=O) groups excluding carboxylic acids is 3. The molecule has 0 fully saturated rings. The van der Waals surface area contributed by atoms with E-state index in [1.807, 2.05) is 6.26 Å². The molecule has 0 aliphatic heterocycles. The normalized spacial score (nSPS) is 13.3. The molecule has 0 saturated heterocycles. The standard InChI is InChI=1S/C18H26N4O5S.ClH/c1-28-8-7-12(19)17(26)22-14(10-15(23)24)18(27)21-13(16(20)25)9-11-5-3-2-4-6-11;/h2-6,12-14H,7-10,19H2,1H3,(H2,20,25)(H,21,27)(H,22,26)(H,23,24);1H/t12-,13-,14-;/m0./s1. The molecule has 9 nitrogen and oxygen atoms in total. The molecule has 162 valence electrons. The van der Waals surface area contributed by atoms with Gasteiger partial charge >= 0.3 is 5.97 Å². The van der Waals surface area contributed by atoms with E-state index >= 15 is 0 Å². The maximum Gasteiger partial charge on any atom is 0.305 e. The maximum atomic E-state index is 12.5. The molecular weight excluding hydrogens is 420 g/mol. The highest BCUT2D eigenvalue weighted by molar-refractivity contribution is 7.98. The molecule has 0 unspecified atom stereocenters. The van der Waals surface area contributed by atoms with Gasteiger partial charge in [0.15, 0.2) is 0 Å². The van der Waals surface area contributed by atoms with E-state index in [1.54, 1.807) is 30.3 Å². The van der Waals surface area contributed by atoms with Gasteiger partial charge in [0.2, 0.25) is 17.7 Å². The first-order valence-corrected chi connectivity index (χ1v) is 10.0. The van der Waals surface area contributed by atoms with Crippen molar-refractivity contribution in [2.45, 2.75) is 37.4 Å². The number of nitrogens with two attached hydrogens (primary N) is 2. The van der Waals surface area contributed by atoms with Crippen molar-refractivity contribution in [2.75, 3.05) is 12.0 Å². The molecule has 29 heavy (non-hydrogen) atoms. The second-order valence-corrected chi connectivity index (χ2v) is 7.19. The van der Waals surface area contributed by atoms with Crippen molar-refractivity contribution in [3.8, 4) is 0 Å². The Balaban J connectivity index is 0.00000784. The van der Waals surface area contributed by atoms with E-state index in [-0.39, 0.29) is 18.8 Å². The Morgan fingerprint density at radius 3 is 2.17 bits per heavy atom. The number of carboxylic acids is 1. The van der Waals surface area contributed by atoms with Crippen molar-refractivity contribution in [1.82, 2.24) is 10.6 Å². The Morgan fingerprint density at radius 1 is 1.07 bits per heavy atom. The summed E-state index contributed by atoms with van der Waals surface area (Å²) in [6.07, 6.45) is 1.74. The highest BCUT2D eigenvalue weighted by atomic mass is 35.5. The quantitative estimate of drug-likeness (QED) is 0.293. The third kappa shape index (κ3) is 10.2. The molecular formula is C18H27ClN4O5S. The molecule has 7 N–H and O–H groups in total. The van der Waals surface area contributed by atoms with E-state index in [4.69, 9.17) is 16.6 Å². The first-order chi connectivity index (χ1) is 13.2. The SMILES string of the molecule is CSCC[C@H](N)C(=O)N[C@@H](CC(=O)O)C(=O)N[C@@H](Cc1ccccc1)C(N)=O.Cl. The minimum atomic E-state index is -1.37. The number of rotatable bonds is 12. The van der Waals surface area contributed by atoms with Crippen LogP contribution in [0.2, 0.25) is 0 Å². The lowest BCUT2D eigenvalue weighted by atomic mass is 10.0. The fraction of sp³-hybridized carbons (Fsp3) is 0.444. The summed E-state index contributed by atoms with van der Waals surface area (Å²) in [6, 6.07) is 5.60. The van der Waals surface area contributed by atoms with Gasteiger partial charge < -0.3 is 27.2 Å². The third-order valence-corrected chi connectivity index (χ3v) is 4.57. The van der Waals surface area contributed by atoms with Gasteiger partial charge in [0.25, 0.3) is 0 Å². The topological polar surface area (TPSA) is 165 Å². The fourth-order valence-corrected chi connectivity index (χ4v) is 2.87. The zero-order valence-corrected chi connectivity index (χ0v) is 17.6. The van der Waals surface area contributed by atoms with Crippen LogP contribution in [0.5, 0.6) is 0 Å². The van der Waals surface area contributed by atoms with Crippen LogP contribution >= 0.6 is 24.2 Å². The van der Waals surface area contributed by atoms with E-state index in [0.29, 0.717) is 12.2 Å². The van der Waals surface area contributed by atoms with E-state index in [1.165, 1.54) is 11.8 Å². The van der Waals surface area contributed by atoms with Crippen molar-refractivity contribution < 1.29 is 24.3 Å². The van der Waals surface area contributed by atoms with Crippen LogP contribution in [0.25, 0.3) is 0 Å². The molecule has 0 aliphatic carbocycles. The molecule has 3 amide bonds. The van der Waals surface area contributed by atoms with E-state index in [0.717, 1.165) is 5.56 Å². The van der Waals surface area contributed by atoms with Gasteiger partial charge in [-0.2, -0.15) is 11.8 Å². The Kier molecular flexibility index (Phi) is 12.7. The zero-order valence-electron chi connectivity index (χ0n) is 16.0. The minimum Gasteiger partial charge on any atom is -0.481 e. The van der Waals surface area contributed by atoms with Crippen LogP contribution in [0.3, 0.4) is 0 Å². The number of hydrogen-bond acceptors (Lipinski definition) is 6. The van der Waals surface area contributed by atoms with Gasteiger partial charge in [-0.25, -0.2) is 0 Å². The number of carbonyl (C=O) groups is 4. The molecule has 0 aliphatic rings. The number of aliphatic carboxylic acids is 1. The second-order valence-electron chi connectivity index (χ2n) is 6.20. The Morgan fingerprint density at radius 2 is 1.66 bits per heavy atom. The lowest BCUT2D eigenvalue weighted by Gasteiger charge is -2.22. The summed E-state index contributed by atoms with van der Waals surface area (Å²) in [5.74, 6) is -2.85. The first kappa shape index (κ1) is 26.7. The summed E-state index contributed by atoms with van der Waals surface area (Å²) in [7, 11) is 0. The summed E-state index contributed by atoms with van der Waals surface area (Å²) in [6.45, 7) is 0. The van der Waals surface area contributed by atoms with Crippen LogP contribution in [-0.4, -0.2) is 58.9 Å². The molecule has 1 rings (SSSR count). The van der Waals surface area contributed by atoms with Gasteiger partial charge in [-0.3, -0.25) is 19.2 Å². The molecule has 0 radical (unpaired) electrons. The number of hydrogen-bond donors (Lipinski definition) is 5. The lowest BCUT2D eigenvalue weighted by Crippen LogP contribution is -2.56. The van der Waals surface area contributed by atoms with Crippen molar-refractivity contribution in [2.24, 2.45) is 11.5 Å². The van der Waals surface area contributed by atoms with Gasteiger partial charge in [-0.05, 0) is 24.0 Å². The Hall–Kier alpha value is -2.30. The summed E-state index contributed by atoms with van der Waals surface area (Å²) in [4.78, 5) is 47.5. The van der Waals surface area contributed by atoms with Crippen LogP contribution in [-0.2, 0) is 25.6 Å². The fourth-order valence-electron chi connectivity index (χ4n) is 2.38. The van der Waals surface area contributed by atoms with Crippen molar-refractivity contribution >= 4 is 47.9 Å². The van der Waals surface area contributed by atoms with E-state index in [9.17, 15) is 19.2 Å².